The zero-order chi connectivity index (χ0) is 22.6. The molecule has 2 unspecified atom stereocenters. The first-order valence-corrected chi connectivity index (χ1v) is 12.3. The van der Waals surface area contributed by atoms with Gasteiger partial charge in [0.1, 0.15) is 11.2 Å². The molecule has 11 heteroatoms. The number of benzene rings is 2. The second kappa shape index (κ2) is 9.90. The third-order valence-electron chi connectivity index (χ3n) is 4.56. The molecule has 0 spiro atoms. The van der Waals surface area contributed by atoms with Gasteiger partial charge in [-0.2, -0.15) is 0 Å². The Balaban J connectivity index is 1.57. The van der Waals surface area contributed by atoms with Gasteiger partial charge in [-0.15, -0.1) is 11.8 Å². The van der Waals surface area contributed by atoms with E-state index in [0.717, 1.165) is 17.3 Å². The highest BCUT2D eigenvalue weighted by Gasteiger charge is 2.38. The fourth-order valence-electron chi connectivity index (χ4n) is 3.00. The van der Waals surface area contributed by atoms with Crippen LogP contribution in [0.5, 0.6) is 5.75 Å². The molecule has 8 nitrogen and oxygen atoms in total. The molecule has 2 atom stereocenters. The number of nitrogens with one attached hydrogen (secondary N) is 3. The molecule has 0 saturated carbocycles. The third-order valence-corrected chi connectivity index (χ3v) is 7.95. The van der Waals surface area contributed by atoms with Crippen molar-refractivity contribution in [2.75, 3.05) is 24.7 Å². The molecule has 1 aliphatic rings. The molecule has 0 radical (unpaired) electrons. The smallest absolute Gasteiger partial charge is 0.241 e. The van der Waals surface area contributed by atoms with Crippen LogP contribution in [0.15, 0.2) is 47.4 Å². The molecule has 166 valence electrons. The zero-order valence-corrected chi connectivity index (χ0v) is 19.2. The van der Waals surface area contributed by atoms with Crippen LogP contribution >= 0.6 is 23.4 Å². The standard InChI is InChI=1S/C20H22ClN3O5S2/c1-12-4-3-5-13(8-12)23-18(25)11-30-20-22-10-17(19(26)24-20)31(27,28)14-6-7-16(29-2)15(21)9-14/h3-9,17,20,22H,10-11H2,1-2H3,(H,23,25)(H,24,26). The van der Waals surface area contributed by atoms with Crippen LogP contribution in [0.25, 0.3) is 0 Å². The topological polar surface area (TPSA) is 114 Å². The molecule has 2 aromatic carbocycles. The summed E-state index contributed by atoms with van der Waals surface area (Å²) in [5.74, 6) is -0.444. The number of halogens is 1. The fraction of sp³-hybridized carbons (Fsp3) is 0.300. The van der Waals surface area contributed by atoms with Gasteiger partial charge >= 0.3 is 0 Å². The lowest BCUT2D eigenvalue weighted by molar-refractivity contribution is -0.122. The van der Waals surface area contributed by atoms with Gasteiger partial charge in [0.05, 0.1) is 22.8 Å². The number of carbonyl (C=O) groups is 2. The van der Waals surface area contributed by atoms with Gasteiger partial charge in [0, 0.05) is 12.2 Å². The van der Waals surface area contributed by atoms with Gasteiger partial charge in [-0.25, -0.2) is 8.42 Å². The first-order valence-electron chi connectivity index (χ1n) is 9.30. The van der Waals surface area contributed by atoms with Crippen molar-refractivity contribution >= 4 is 50.7 Å². The normalized spacial score (nSPS) is 18.9. The minimum Gasteiger partial charge on any atom is -0.495 e. The second-order valence-electron chi connectivity index (χ2n) is 6.86. The Kier molecular flexibility index (Phi) is 7.47. The maximum atomic E-state index is 12.9. The van der Waals surface area contributed by atoms with Crippen LogP contribution in [-0.2, 0) is 19.4 Å². The van der Waals surface area contributed by atoms with Crippen LogP contribution in [0, 0.1) is 6.92 Å². The Bertz CT molecular complexity index is 1090. The maximum absolute atomic E-state index is 12.9. The lowest BCUT2D eigenvalue weighted by Crippen LogP contribution is -2.59. The first kappa shape index (κ1) is 23.4. The van der Waals surface area contributed by atoms with Crippen molar-refractivity contribution in [3.63, 3.8) is 0 Å². The molecule has 0 aromatic heterocycles. The third kappa shape index (κ3) is 5.70. The summed E-state index contributed by atoms with van der Waals surface area (Å²) in [5, 5.41) is 7.17. The molecule has 1 fully saturated rings. The Labute approximate surface area is 190 Å². The fourth-order valence-corrected chi connectivity index (χ4v) is 5.66. The van der Waals surface area contributed by atoms with Gasteiger partial charge in [0.15, 0.2) is 15.1 Å². The average Bonchev–Trinajstić information content (AvgIpc) is 2.72. The van der Waals surface area contributed by atoms with Crippen molar-refractivity contribution in [2.45, 2.75) is 22.6 Å². The van der Waals surface area contributed by atoms with Crippen molar-refractivity contribution in [2.24, 2.45) is 0 Å². The monoisotopic (exact) mass is 483 g/mol. The van der Waals surface area contributed by atoms with Crippen LogP contribution in [0.3, 0.4) is 0 Å². The number of hydrogen-bond donors (Lipinski definition) is 3. The molecule has 31 heavy (non-hydrogen) atoms. The van der Waals surface area contributed by atoms with Crippen LogP contribution in [0.1, 0.15) is 5.56 Å². The number of ether oxygens (including phenoxy) is 1. The van der Waals surface area contributed by atoms with Crippen LogP contribution in [0.2, 0.25) is 5.02 Å². The van der Waals surface area contributed by atoms with Gasteiger partial charge in [0.2, 0.25) is 11.8 Å². The largest absolute Gasteiger partial charge is 0.495 e. The Morgan fingerprint density at radius 1 is 1.29 bits per heavy atom. The lowest BCUT2D eigenvalue weighted by Gasteiger charge is -2.29. The molecule has 2 aromatic rings. The average molecular weight is 484 g/mol. The van der Waals surface area contributed by atoms with Crippen LogP contribution < -0.4 is 20.7 Å². The summed E-state index contributed by atoms with van der Waals surface area (Å²) in [6.45, 7) is 1.84. The number of aryl methyl sites for hydroxylation is 1. The highest BCUT2D eigenvalue weighted by atomic mass is 35.5. The van der Waals surface area contributed by atoms with Crippen LogP contribution in [0.4, 0.5) is 5.69 Å². The van der Waals surface area contributed by atoms with E-state index in [-0.39, 0.29) is 28.1 Å². The quantitative estimate of drug-likeness (QED) is 0.553. The first-order chi connectivity index (χ1) is 14.7. The number of thioether (sulfide) groups is 1. The second-order valence-corrected chi connectivity index (χ2v) is 10.5. The van der Waals surface area contributed by atoms with E-state index in [0.29, 0.717) is 11.4 Å². The summed E-state index contributed by atoms with van der Waals surface area (Å²) >= 11 is 7.19. The van der Waals surface area contributed by atoms with Gasteiger partial charge in [-0.1, -0.05) is 23.7 Å². The van der Waals surface area contributed by atoms with Gasteiger partial charge in [-0.05, 0) is 42.8 Å². The summed E-state index contributed by atoms with van der Waals surface area (Å²) in [6.07, 6.45) is 0. The molecular weight excluding hydrogens is 462 g/mol. The van der Waals surface area contributed by atoms with E-state index in [4.69, 9.17) is 16.3 Å². The molecule has 1 heterocycles. The highest BCUT2D eigenvalue weighted by Crippen LogP contribution is 2.29. The summed E-state index contributed by atoms with van der Waals surface area (Å²) in [4.78, 5) is 24.6. The summed E-state index contributed by atoms with van der Waals surface area (Å²) in [6, 6.07) is 11.5. The molecule has 3 rings (SSSR count). The van der Waals surface area contributed by atoms with Gasteiger partial charge < -0.3 is 15.4 Å². The van der Waals surface area contributed by atoms with Crippen molar-refractivity contribution in [1.82, 2.24) is 10.6 Å². The molecule has 0 bridgehead atoms. The SMILES string of the molecule is COc1ccc(S(=O)(=O)C2CNC(SCC(=O)Nc3cccc(C)c3)NC2=O)cc1Cl. The summed E-state index contributed by atoms with van der Waals surface area (Å²) in [7, 11) is -2.54. The number of hydrogen-bond acceptors (Lipinski definition) is 7. The lowest BCUT2D eigenvalue weighted by atomic mass is 10.2. The van der Waals surface area contributed by atoms with E-state index in [1.165, 1.54) is 25.3 Å². The summed E-state index contributed by atoms with van der Waals surface area (Å²) < 4.78 is 30.8. The number of sulfone groups is 1. The zero-order valence-electron chi connectivity index (χ0n) is 16.8. The number of rotatable bonds is 7. The van der Waals surface area contributed by atoms with Crippen molar-refractivity contribution in [3.05, 3.63) is 53.1 Å². The number of carbonyl (C=O) groups excluding carboxylic acids is 2. The number of amides is 2. The van der Waals surface area contributed by atoms with E-state index in [1.54, 1.807) is 6.07 Å². The van der Waals surface area contributed by atoms with Crippen molar-refractivity contribution in [1.29, 1.82) is 0 Å². The van der Waals surface area contributed by atoms with Crippen LogP contribution in [-0.4, -0.2) is 50.4 Å². The van der Waals surface area contributed by atoms with Gasteiger partial charge in [0.25, 0.3) is 0 Å². The minimum absolute atomic E-state index is 0.0658. The van der Waals surface area contributed by atoms with E-state index in [9.17, 15) is 18.0 Å². The molecule has 1 saturated heterocycles. The van der Waals surface area contributed by atoms with Crippen molar-refractivity contribution in [3.8, 4) is 5.75 Å². The molecule has 3 N–H and O–H groups in total. The van der Waals surface area contributed by atoms with Crippen molar-refractivity contribution < 1.29 is 22.7 Å². The van der Waals surface area contributed by atoms with Gasteiger partial charge in [-0.3, -0.25) is 14.9 Å². The van der Waals surface area contributed by atoms with E-state index in [1.807, 2.05) is 25.1 Å². The minimum atomic E-state index is -3.96. The van der Waals surface area contributed by atoms with E-state index < -0.39 is 26.5 Å². The maximum Gasteiger partial charge on any atom is 0.241 e. The predicted molar refractivity (Wildman–Crippen MR) is 121 cm³/mol. The van der Waals surface area contributed by atoms with E-state index >= 15 is 0 Å². The van der Waals surface area contributed by atoms with E-state index in [2.05, 4.69) is 16.0 Å². The predicted octanol–water partition coefficient (Wildman–Crippen LogP) is 2.17. The number of methoxy groups -OCH3 is 1. The highest BCUT2D eigenvalue weighted by molar-refractivity contribution is 8.00. The molecular formula is C20H22ClN3O5S2. The summed E-state index contributed by atoms with van der Waals surface area (Å²) in [5.41, 5.74) is 1.13. The Morgan fingerprint density at radius 3 is 2.71 bits per heavy atom. The Morgan fingerprint density at radius 2 is 2.06 bits per heavy atom. The Hall–Kier alpha value is -2.27. The molecule has 0 aliphatic carbocycles. The molecule has 2 amide bonds. The molecule has 1 aliphatic heterocycles. The number of anilines is 1.